The van der Waals surface area contributed by atoms with E-state index in [0.717, 1.165) is 37.7 Å². The average molecular weight is 264 g/mol. The summed E-state index contributed by atoms with van der Waals surface area (Å²) in [5.74, 6) is 2.73. The second-order valence-electron chi connectivity index (χ2n) is 5.95. The van der Waals surface area contributed by atoms with Gasteiger partial charge in [0.25, 0.3) is 0 Å². The van der Waals surface area contributed by atoms with Crippen LogP contribution < -0.4 is 5.32 Å². The number of likely N-dealkylation sites (N-methyl/N-ethyl adjacent to an activating group) is 1. The van der Waals surface area contributed by atoms with Crippen LogP contribution in [-0.2, 0) is 13.1 Å². The number of furan rings is 1. The molecule has 1 aromatic rings. The van der Waals surface area contributed by atoms with Gasteiger partial charge in [-0.25, -0.2) is 0 Å². The van der Waals surface area contributed by atoms with Crippen LogP contribution in [0.25, 0.3) is 0 Å². The third-order valence-electron chi connectivity index (χ3n) is 2.91. The van der Waals surface area contributed by atoms with E-state index in [1.165, 1.54) is 11.1 Å². The molecule has 0 aromatic carbocycles. The first-order valence-electron chi connectivity index (χ1n) is 7.00. The van der Waals surface area contributed by atoms with Crippen LogP contribution in [0.4, 0.5) is 0 Å². The van der Waals surface area contributed by atoms with Crippen molar-refractivity contribution < 1.29 is 4.42 Å². The maximum atomic E-state index is 5.81. The van der Waals surface area contributed by atoms with Crippen molar-refractivity contribution in [3.63, 3.8) is 0 Å². The van der Waals surface area contributed by atoms with Gasteiger partial charge < -0.3 is 9.73 Å². The topological polar surface area (TPSA) is 28.4 Å². The number of hydrogen-bond acceptors (Lipinski definition) is 3. The molecule has 1 aromatic heterocycles. The first kappa shape index (κ1) is 16.0. The van der Waals surface area contributed by atoms with Crippen LogP contribution in [0.5, 0.6) is 0 Å². The molecule has 0 aliphatic rings. The zero-order chi connectivity index (χ0) is 14.4. The maximum absolute atomic E-state index is 5.81. The normalized spacial score (nSPS) is 11.5. The summed E-state index contributed by atoms with van der Waals surface area (Å²) in [6.45, 7) is 16.1. The highest BCUT2D eigenvalue weighted by molar-refractivity contribution is 5.20. The Bertz CT molecular complexity index is 407. The minimum atomic E-state index is 0.674. The van der Waals surface area contributed by atoms with Gasteiger partial charge in [-0.1, -0.05) is 26.0 Å². The summed E-state index contributed by atoms with van der Waals surface area (Å²) in [6.07, 6.45) is 0. The monoisotopic (exact) mass is 264 g/mol. The van der Waals surface area contributed by atoms with E-state index in [1.807, 2.05) is 13.8 Å². The van der Waals surface area contributed by atoms with Crippen LogP contribution in [0.3, 0.4) is 0 Å². The zero-order valence-electron chi connectivity index (χ0n) is 13.0. The summed E-state index contributed by atoms with van der Waals surface area (Å²) in [4.78, 5) is 2.21. The zero-order valence-corrected chi connectivity index (χ0v) is 13.0. The minimum absolute atomic E-state index is 0.674. The van der Waals surface area contributed by atoms with E-state index >= 15 is 0 Å². The number of hydrogen-bond donors (Lipinski definition) is 1. The van der Waals surface area contributed by atoms with E-state index in [2.05, 4.69) is 43.8 Å². The smallest absolute Gasteiger partial charge is 0.118 e. The molecule has 0 saturated heterocycles. The molecule has 0 unspecified atom stereocenters. The SMILES string of the molecule is C=C(C)CN(C)Cc1cc(CNCC(C)C)c(C)o1. The van der Waals surface area contributed by atoms with Crippen molar-refractivity contribution in [2.75, 3.05) is 20.1 Å². The van der Waals surface area contributed by atoms with Gasteiger partial charge in [0.2, 0.25) is 0 Å². The Hall–Kier alpha value is -1.06. The molecule has 3 heteroatoms. The van der Waals surface area contributed by atoms with E-state index < -0.39 is 0 Å². The molecule has 1 heterocycles. The second kappa shape index (κ2) is 7.51. The van der Waals surface area contributed by atoms with Gasteiger partial charge in [-0.2, -0.15) is 0 Å². The van der Waals surface area contributed by atoms with Crippen LogP contribution in [-0.4, -0.2) is 25.0 Å². The highest BCUT2D eigenvalue weighted by Crippen LogP contribution is 2.16. The molecule has 0 amide bonds. The molecule has 0 fully saturated rings. The molecular weight excluding hydrogens is 236 g/mol. The quantitative estimate of drug-likeness (QED) is 0.730. The Morgan fingerprint density at radius 1 is 1.47 bits per heavy atom. The molecule has 3 nitrogen and oxygen atoms in total. The third-order valence-corrected chi connectivity index (χ3v) is 2.91. The van der Waals surface area contributed by atoms with Gasteiger partial charge in [-0.05, 0) is 39.4 Å². The Balaban J connectivity index is 2.51. The van der Waals surface area contributed by atoms with E-state index in [1.54, 1.807) is 0 Å². The van der Waals surface area contributed by atoms with E-state index in [9.17, 15) is 0 Å². The predicted octanol–water partition coefficient (Wildman–Crippen LogP) is 3.34. The van der Waals surface area contributed by atoms with Gasteiger partial charge in [0.15, 0.2) is 0 Å². The third kappa shape index (κ3) is 6.08. The molecule has 0 bridgehead atoms. The van der Waals surface area contributed by atoms with Crippen LogP contribution in [0, 0.1) is 12.8 Å². The Kier molecular flexibility index (Phi) is 6.32. The lowest BCUT2D eigenvalue weighted by Gasteiger charge is -2.14. The Labute approximate surface area is 117 Å². The summed E-state index contributed by atoms with van der Waals surface area (Å²) in [5.41, 5.74) is 2.43. The van der Waals surface area contributed by atoms with Gasteiger partial charge in [-0.3, -0.25) is 4.90 Å². The highest BCUT2D eigenvalue weighted by Gasteiger charge is 2.09. The van der Waals surface area contributed by atoms with Crippen molar-refractivity contribution in [1.82, 2.24) is 10.2 Å². The number of aryl methyl sites for hydroxylation is 1. The maximum Gasteiger partial charge on any atom is 0.118 e. The number of nitrogens with one attached hydrogen (secondary N) is 1. The van der Waals surface area contributed by atoms with Crippen molar-refractivity contribution in [2.45, 2.75) is 40.8 Å². The summed E-state index contributed by atoms with van der Waals surface area (Å²) in [6, 6.07) is 2.16. The van der Waals surface area contributed by atoms with Crippen molar-refractivity contribution >= 4 is 0 Å². The molecule has 0 saturated carbocycles. The molecule has 0 radical (unpaired) electrons. The van der Waals surface area contributed by atoms with E-state index in [4.69, 9.17) is 4.42 Å². The number of rotatable bonds is 8. The fourth-order valence-electron chi connectivity index (χ4n) is 2.12. The number of nitrogens with zero attached hydrogens (tertiary/aromatic N) is 1. The van der Waals surface area contributed by atoms with E-state index in [0.29, 0.717) is 5.92 Å². The van der Waals surface area contributed by atoms with Crippen molar-refractivity contribution in [3.05, 3.63) is 35.3 Å². The molecular formula is C16H28N2O. The second-order valence-corrected chi connectivity index (χ2v) is 5.95. The molecule has 0 atom stereocenters. The van der Waals surface area contributed by atoms with Crippen LogP contribution in [0.2, 0.25) is 0 Å². The average Bonchev–Trinajstić information content (AvgIpc) is 2.57. The standard InChI is InChI=1S/C16H28N2O/c1-12(2)8-17-9-15-7-16(19-14(15)5)11-18(6)10-13(3)4/h7,12,17H,3,8-11H2,1-2,4-6H3. The molecule has 1 N–H and O–H groups in total. The van der Waals surface area contributed by atoms with Crippen LogP contribution in [0.1, 0.15) is 37.9 Å². The van der Waals surface area contributed by atoms with Crippen molar-refractivity contribution in [3.8, 4) is 0 Å². The first-order chi connectivity index (χ1) is 8.88. The molecule has 0 aliphatic heterocycles. The largest absolute Gasteiger partial charge is 0.465 e. The molecule has 19 heavy (non-hydrogen) atoms. The lowest BCUT2D eigenvalue weighted by molar-refractivity contribution is 0.313. The first-order valence-corrected chi connectivity index (χ1v) is 7.00. The molecule has 1 rings (SSSR count). The summed E-state index contributed by atoms with van der Waals surface area (Å²) >= 11 is 0. The highest BCUT2D eigenvalue weighted by atomic mass is 16.3. The summed E-state index contributed by atoms with van der Waals surface area (Å²) in [7, 11) is 2.09. The Morgan fingerprint density at radius 2 is 2.16 bits per heavy atom. The van der Waals surface area contributed by atoms with Crippen LogP contribution in [0.15, 0.2) is 22.6 Å². The minimum Gasteiger partial charge on any atom is -0.465 e. The van der Waals surface area contributed by atoms with Gasteiger partial charge in [-0.15, -0.1) is 0 Å². The lowest BCUT2D eigenvalue weighted by atomic mass is 10.2. The van der Waals surface area contributed by atoms with Gasteiger partial charge >= 0.3 is 0 Å². The van der Waals surface area contributed by atoms with Crippen molar-refractivity contribution in [2.24, 2.45) is 5.92 Å². The summed E-state index contributed by atoms with van der Waals surface area (Å²) in [5, 5.41) is 3.45. The van der Waals surface area contributed by atoms with Gasteiger partial charge in [0, 0.05) is 18.7 Å². The van der Waals surface area contributed by atoms with Gasteiger partial charge in [0.05, 0.1) is 6.54 Å². The fourth-order valence-corrected chi connectivity index (χ4v) is 2.12. The predicted molar refractivity (Wildman–Crippen MR) is 81.1 cm³/mol. The summed E-state index contributed by atoms with van der Waals surface area (Å²) < 4.78 is 5.81. The van der Waals surface area contributed by atoms with E-state index in [-0.39, 0.29) is 0 Å². The molecule has 0 spiro atoms. The fraction of sp³-hybridized carbons (Fsp3) is 0.625. The molecule has 108 valence electrons. The van der Waals surface area contributed by atoms with Crippen LogP contribution >= 0.6 is 0 Å². The van der Waals surface area contributed by atoms with Gasteiger partial charge in [0.1, 0.15) is 11.5 Å². The van der Waals surface area contributed by atoms with Crippen molar-refractivity contribution in [1.29, 1.82) is 0 Å². The molecule has 0 aliphatic carbocycles. The lowest BCUT2D eigenvalue weighted by Crippen LogP contribution is -2.19. The Morgan fingerprint density at radius 3 is 2.74 bits per heavy atom.